The summed E-state index contributed by atoms with van der Waals surface area (Å²) in [7, 11) is 0. The molecule has 0 heterocycles. The van der Waals surface area contributed by atoms with Crippen molar-refractivity contribution in [3.05, 3.63) is 248 Å². The maximum Gasteiger partial charge on any atom is 0.0364 e. The van der Waals surface area contributed by atoms with Crippen molar-refractivity contribution < 1.29 is 0 Å². The predicted octanol–water partition coefficient (Wildman–Crippen LogP) is 14.3. The molecule has 0 radical (unpaired) electrons. The van der Waals surface area contributed by atoms with E-state index in [-0.39, 0.29) is 17.8 Å². The van der Waals surface area contributed by atoms with Crippen LogP contribution in [0.1, 0.15) is 90.1 Å². The van der Waals surface area contributed by atoms with Crippen LogP contribution in [-0.4, -0.2) is 0 Å². The largest absolute Gasteiger partial charge is 0.0619 e. The van der Waals surface area contributed by atoms with E-state index in [9.17, 15) is 0 Å². The number of rotatable bonds is 2. The summed E-state index contributed by atoms with van der Waals surface area (Å²) in [5, 5.41) is 0. The summed E-state index contributed by atoms with van der Waals surface area (Å²) < 4.78 is 0. The quantitative estimate of drug-likeness (QED) is 0.165. The van der Waals surface area contributed by atoms with Gasteiger partial charge in [0.25, 0.3) is 0 Å². The van der Waals surface area contributed by atoms with E-state index in [1.807, 2.05) is 0 Å². The summed E-state index contributed by atoms with van der Waals surface area (Å²) in [6.07, 6.45) is 2.03. The van der Waals surface area contributed by atoms with Crippen molar-refractivity contribution in [2.45, 2.75) is 30.6 Å². The van der Waals surface area contributed by atoms with Crippen molar-refractivity contribution >= 4 is 0 Å². The molecule has 6 aliphatic carbocycles. The van der Waals surface area contributed by atoms with Crippen molar-refractivity contribution in [1.82, 2.24) is 0 Å². The Morgan fingerprint density at radius 1 is 0.220 bits per heavy atom. The zero-order chi connectivity index (χ0) is 38.1. The first kappa shape index (κ1) is 31.0. The molecule has 0 bridgehead atoms. The van der Waals surface area contributed by atoms with E-state index in [4.69, 9.17) is 0 Å². The van der Waals surface area contributed by atoms with Crippen LogP contribution in [0, 0.1) is 0 Å². The Bertz CT molecular complexity index is 3190. The third kappa shape index (κ3) is 3.73. The fourth-order valence-electron chi connectivity index (χ4n) is 13.1. The normalized spacial score (nSPS) is 17.9. The SMILES string of the molecule is c1ccc2c(c1)Cc1ccc3c(c1-2)-c1ccccc1C3c1cccc2c1-c1cccc3c1C2c1cccc(C2c4ccccc4-c4c2ccc2c4-c4ccccc4C2)c1-3. The molecule has 0 aliphatic heterocycles. The van der Waals surface area contributed by atoms with Gasteiger partial charge in [-0.2, -0.15) is 0 Å². The Morgan fingerprint density at radius 3 is 1.07 bits per heavy atom. The summed E-state index contributed by atoms with van der Waals surface area (Å²) >= 11 is 0. The molecule has 6 aliphatic rings. The lowest BCUT2D eigenvalue weighted by atomic mass is 9.80. The molecule has 0 fully saturated rings. The topological polar surface area (TPSA) is 0 Å². The van der Waals surface area contributed by atoms with Crippen molar-refractivity contribution in [2.24, 2.45) is 0 Å². The van der Waals surface area contributed by atoms with E-state index in [0.717, 1.165) is 12.8 Å². The second-order valence-electron chi connectivity index (χ2n) is 17.7. The number of hydrogen-bond donors (Lipinski definition) is 0. The molecule has 0 saturated carbocycles. The fraction of sp³-hybridized carbons (Fsp3) is 0.0847. The summed E-state index contributed by atoms with van der Waals surface area (Å²) in [5.41, 5.74) is 36.0. The molecular weight excluding hydrogens is 709 g/mol. The van der Waals surface area contributed by atoms with Crippen LogP contribution in [0.25, 0.3) is 66.8 Å². The molecule has 9 aromatic rings. The van der Waals surface area contributed by atoms with Gasteiger partial charge in [0.15, 0.2) is 0 Å². The summed E-state index contributed by atoms with van der Waals surface area (Å²) in [6, 6.07) is 68.1. The zero-order valence-corrected chi connectivity index (χ0v) is 32.4. The standard InChI is InChI=1S/C59H36/c1-3-14-36-32(12-1)30-34-26-28-48-52(38-16-5-7-18-40(38)56(48)50(34)36)42-20-9-22-44-54(42)46-24-11-25-47-55-43(21-10-23-45(55)58(44)59(46)47)53-39-17-6-8-19-41(39)57-49(53)29-27-35-31-33-13-2-4-15-37(33)51(35)57/h1-29,52-53,58H,30-31H2. The molecule has 272 valence electrons. The van der Waals surface area contributed by atoms with E-state index in [0.29, 0.717) is 0 Å². The van der Waals surface area contributed by atoms with Gasteiger partial charge in [-0.15, -0.1) is 0 Å². The van der Waals surface area contributed by atoms with Crippen LogP contribution in [0.15, 0.2) is 176 Å². The van der Waals surface area contributed by atoms with Gasteiger partial charge in [-0.3, -0.25) is 0 Å². The molecule has 0 nitrogen and oxygen atoms in total. The molecule has 0 N–H and O–H groups in total. The van der Waals surface area contributed by atoms with Crippen LogP contribution in [0.3, 0.4) is 0 Å². The summed E-state index contributed by atoms with van der Waals surface area (Å²) in [4.78, 5) is 0. The van der Waals surface area contributed by atoms with Gasteiger partial charge in [-0.1, -0.05) is 176 Å². The summed E-state index contributed by atoms with van der Waals surface area (Å²) in [5.74, 6) is 0.568. The van der Waals surface area contributed by atoms with E-state index in [1.54, 1.807) is 0 Å². The highest BCUT2D eigenvalue weighted by Crippen LogP contribution is 2.64. The van der Waals surface area contributed by atoms with E-state index >= 15 is 0 Å². The van der Waals surface area contributed by atoms with Crippen LogP contribution in [-0.2, 0) is 12.8 Å². The first-order chi connectivity index (χ1) is 29.3. The maximum atomic E-state index is 2.46. The van der Waals surface area contributed by atoms with Gasteiger partial charge >= 0.3 is 0 Å². The van der Waals surface area contributed by atoms with Crippen LogP contribution < -0.4 is 0 Å². The van der Waals surface area contributed by atoms with E-state index in [2.05, 4.69) is 176 Å². The minimum absolute atomic E-state index is 0.174. The predicted molar refractivity (Wildman–Crippen MR) is 240 cm³/mol. The molecule has 0 spiro atoms. The molecular formula is C59H36. The highest BCUT2D eigenvalue weighted by Gasteiger charge is 2.45. The Kier molecular flexibility index (Phi) is 5.74. The average Bonchev–Trinajstić information content (AvgIpc) is 4.13. The first-order valence-corrected chi connectivity index (χ1v) is 21.4. The molecule has 2 atom stereocenters. The van der Waals surface area contributed by atoms with Gasteiger partial charge in [0.2, 0.25) is 0 Å². The van der Waals surface area contributed by atoms with Crippen LogP contribution in [0.4, 0.5) is 0 Å². The van der Waals surface area contributed by atoms with Crippen LogP contribution in [0.2, 0.25) is 0 Å². The van der Waals surface area contributed by atoms with Gasteiger partial charge in [-0.25, -0.2) is 0 Å². The average molecular weight is 745 g/mol. The maximum absolute atomic E-state index is 2.46. The van der Waals surface area contributed by atoms with E-state index < -0.39 is 0 Å². The van der Waals surface area contributed by atoms with Crippen molar-refractivity contribution in [3.8, 4) is 66.8 Å². The third-order valence-corrected chi connectivity index (χ3v) is 15.1. The Morgan fingerprint density at radius 2 is 0.576 bits per heavy atom. The first-order valence-electron chi connectivity index (χ1n) is 21.4. The van der Waals surface area contributed by atoms with Gasteiger partial charge in [0.05, 0.1) is 0 Å². The molecule has 2 unspecified atom stereocenters. The Labute approximate surface area is 344 Å². The zero-order valence-electron chi connectivity index (χ0n) is 32.4. The van der Waals surface area contributed by atoms with E-state index in [1.165, 1.54) is 139 Å². The van der Waals surface area contributed by atoms with Crippen molar-refractivity contribution in [1.29, 1.82) is 0 Å². The van der Waals surface area contributed by atoms with Crippen LogP contribution in [0.5, 0.6) is 0 Å². The highest BCUT2D eigenvalue weighted by molar-refractivity contribution is 6.02. The minimum Gasteiger partial charge on any atom is -0.0619 e. The number of fused-ring (bicyclic) bond motifs is 20. The van der Waals surface area contributed by atoms with Crippen molar-refractivity contribution in [3.63, 3.8) is 0 Å². The van der Waals surface area contributed by atoms with Crippen LogP contribution >= 0.6 is 0 Å². The summed E-state index contributed by atoms with van der Waals surface area (Å²) in [6.45, 7) is 0. The Hall–Kier alpha value is -7.02. The van der Waals surface area contributed by atoms with Crippen molar-refractivity contribution in [2.75, 3.05) is 0 Å². The van der Waals surface area contributed by atoms with Gasteiger partial charge in [0, 0.05) is 17.8 Å². The third-order valence-electron chi connectivity index (χ3n) is 15.1. The lowest BCUT2D eigenvalue weighted by molar-refractivity contribution is 0.992. The van der Waals surface area contributed by atoms with Gasteiger partial charge in [-0.05, 0) is 152 Å². The van der Waals surface area contributed by atoms with Gasteiger partial charge < -0.3 is 0 Å². The van der Waals surface area contributed by atoms with Gasteiger partial charge in [0.1, 0.15) is 0 Å². The fourth-order valence-corrected chi connectivity index (χ4v) is 13.1. The molecule has 0 saturated heterocycles. The smallest absolute Gasteiger partial charge is 0.0364 e. The number of hydrogen-bond acceptors (Lipinski definition) is 0. The molecule has 59 heavy (non-hydrogen) atoms. The molecule has 0 amide bonds. The Balaban J connectivity index is 0.927. The molecule has 0 aromatic heterocycles. The number of benzene rings is 9. The lowest BCUT2D eigenvalue weighted by Crippen LogP contribution is -2.05. The second kappa shape index (κ2) is 10.9. The molecule has 15 rings (SSSR count). The molecule has 9 aromatic carbocycles. The minimum atomic E-state index is 0.174. The molecule has 0 heteroatoms. The lowest BCUT2D eigenvalue weighted by Gasteiger charge is -2.22. The second-order valence-corrected chi connectivity index (χ2v) is 17.7. The highest BCUT2D eigenvalue weighted by atomic mass is 14.5. The monoisotopic (exact) mass is 744 g/mol.